The third-order valence-electron chi connectivity index (χ3n) is 6.84. The number of hydrogen-bond acceptors (Lipinski definition) is 10. The highest BCUT2D eigenvalue weighted by Gasteiger charge is 2.29. The summed E-state index contributed by atoms with van der Waals surface area (Å²) in [5.74, 6) is 1.65. The van der Waals surface area contributed by atoms with Crippen LogP contribution in [0.15, 0.2) is 42.5 Å². The Balaban J connectivity index is 1.49. The van der Waals surface area contributed by atoms with Gasteiger partial charge in [0.25, 0.3) is 0 Å². The first kappa shape index (κ1) is 23.7. The van der Waals surface area contributed by atoms with Crippen LogP contribution >= 0.6 is 0 Å². The first-order valence-corrected chi connectivity index (χ1v) is 12.4. The van der Waals surface area contributed by atoms with E-state index in [2.05, 4.69) is 64.5 Å². The van der Waals surface area contributed by atoms with E-state index in [1.807, 2.05) is 0 Å². The van der Waals surface area contributed by atoms with E-state index in [-0.39, 0.29) is 30.2 Å². The van der Waals surface area contributed by atoms with Crippen LogP contribution in [0.1, 0.15) is 31.4 Å². The number of hydrogen-bond donors (Lipinski definition) is 5. The van der Waals surface area contributed by atoms with Crippen molar-refractivity contribution in [2.24, 2.45) is 22.9 Å². The summed E-state index contributed by atoms with van der Waals surface area (Å²) in [6.07, 6.45) is 1.57. The van der Waals surface area contributed by atoms with Gasteiger partial charge in [0.05, 0.1) is 6.04 Å². The number of nitrogens with zero attached hydrogens (tertiary/aromatic N) is 5. The minimum atomic E-state index is -0.0269. The van der Waals surface area contributed by atoms with Gasteiger partial charge >= 0.3 is 0 Å². The van der Waals surface area contributed by atoms with Gasteiger partial charge in [0.1, 0.15) is 0 Å². The average molecular weight is 477 g/mol. The Morgan fingerprint density at radius 3 is 1.83 bits per heavy atom. The SMILES string of the molecule is CC(Nc1nc(N2C[C@H](N)C[C@H](N)C2)nc(N2C[C@H](N)C[C@H](N)C2)n1)c1cccc2ccccc12. The van der Waals surface area contributed by atoms with Gasteiger partial charge in [0.2, 0.25) is 17.8 Å². The number of benzene rings is 2. The molecule has 35 heavy (non-hydrogen) atoms. The molecule has 2 fully saturated rings. The highest BCUT2D eigenvalue weighted by atomic mass is 15.4. The largest absolute Gasteiger partial charge is 0.347 e. The second kappa shape index (κ2) is 9.90. The molecule has 5 rings (SSSR count). The molecule has 1 aromatic heterocycles. The molecule has 2 aromatic carbocycles. The predicted molar refractivity (Wildman–Crippen MR) is 141 cm³/mol. The molecule has 2 aliphatic heterocycles. The maximum atomic E-state index is 6.27. The second-order valence-electron chi connectivity index (χ2n) is 10.0. The lowest BCUT2D eigenvalue weighted by atomic mass is 10.00. The average Bonchev–Trinajstić information content (AvgIpc) is 2.82. The van der Waals surface area contributed by atoms with Crippen LogP contribution in [0.2, 0.25) is 0 Å². The molecule has 0 aliphatic carbocycles. The topological polar surface area (TPSA) is 161 Å². The minimum absolute atomic E-state index is 0.0261. The molecule has 10 heteroatoms. The Hall–Kier alpha value is -3.05. The monoisotopic (exact) mass is 476 g/mol. The number of rotatable bonds is 5. The second-order valence-corrected chi connectivity index (χ2v) is 10.0. The number of nitrogens with one attached hydrogen (secondary N) is 1. The number of anilines is 3. The third kappa shape index (κ3) is 5.30. The van der Waals surface area contributed by atoms with Gasteiger partial charge in [-0.25, -0.2) is 0 Å². The molecule has 0 saturated carbocycles. The fourth-order valence-electron chi connectivity index (χ4n) is 5.28. The Bertz CT molecular complexity index is 1100. The summed E-state index contributed by atoms with van der Waals surface area (Å²) in [5, 5.41) is 5.91. The van der Waals surface area contributed by atoms with Crippen LogP contribution in [-0.4, -0.2) is 65.3 Å². The quantitative estimate of drug-likeness (QED) is 0.358. The molecule has 10 nitrogen and oxygen atoms in total. The lowest BCUT2D eigenvalue weighted by Gasteiger charge is -2.37. The predicted octanol–water partition coefficient (Wildman–Crippen LogP) is 0.927. The van der Waals surface area contributed by atoms with E-state index in [0.29, 0.717) is 44.0 Å². The van der Waals surface area contributed by atoms with Gasteiger partial charge in [-0.2, -0.15) is 15.0 Å². The fraction of sp³-hybridized carbons (Fsp3) is 0.480. The fourth-order valence-corrected chi connectivity index (χ4v) is 5.28. The zero-order chi connectivity index (χ0) is 24.5. The third-order valence-corrected chi connectivity index (χ3v) is 6.84. The normalized spacial score (nSPS) is 26.1. The summed E-state index contributed by atoms with van der Waals surface area (Å²) >= 11 is 0. The van der Waals surface area contributed by atoms with Gasteiger partial charge < -0.3 is 38.1 Å². The lowest BCUT2D eigenvalue weighted by molar-refractivity contribution is 0.441. The van der Waals surface area contributed by atoms with E-state index in [1.54, 1.807) is 0 Å². The van der Waals surface area contributed by atoms with Crippen LogP contribution in [0.25, 0.3) is 10.8 Å². The summed E-state index contributed by atoms with van der Waals surface area (Å²) in [5.41, 5.74) is 26.2. The Kier molecular flexibility index (Phi) is 6.70. The van der Waals surface area contributed by atoms with Crippen molar-refractivity contribution in [3.8, 4) is 0 Å². The molecule has 186 valence electrons. The summed E-state index contributed by atoms with van der Waals surface area (Å²) in [4.78, 5) is 18.5. The van der Waals surface area contributed by atoms with Crippen molar-refractivity contribution in [2.45, 2.75) is 50.0 Å². The van der Waals surface area contributed by atoms with Gasteiger partial charge in [-0.15, -0.1) is 0 Å². The van der Waals surface area contributed by atoms with Crippen LogP contribution in [0, 0.1) is 0 Å². The van der Waals surface area contributed by atoms with E-state index in [9.17, 15) is 0 Å². The zero-order valence-electron chi connectivity index (χ0n) is 20.2. The van der Waals surface area contributed by atoms with E-state index in [4.69, 9.17) is 37.9 Å². The molecule has 3 aromatic rings. The molecule has 0 spiro atoms. The van der Waals surface area contributed by atoms with Crippen molar-refractivity contribution in [3.63, 3.8) is 0 Å². The first-order chi connectivity index (χ1) is 16.9. The minimum Gasteiger partial charge on any atom is -0.347 e. The maximum absolute atomic E-state index is 6.27. The van der Waals surface area contributed by atoms with Crippen molar-refractivity contribution in [1.82, 2.24) is 15.0 Å². The van der Waals surface area contributed by atoms with Crippen LogP contribution in [-0.2, 0) is 0 Å². The van der Waals surface area contributed by atoms with Gasteiger partial charge in [-0.1, -0.05) is 42.5 Å². The smallest absolute Gasteiger partial charge is 0.232 e. The van der Waals surface area contributed by atoms with Crippen LogP contribution in [0.5, 0.6) is 0 Å². The highest BCUT2D eigenvalue weighted by molar-refractivity contribution is 5.86. The Labute approximate surface area is 206 Å². The Morgan fingerprint density at radius 2 is 1.26 bits per heavy atom. The molecular formula is C25H36N10. The van der Waals surface area contributed by atoms with Crippen molar-refractivity contribution in [3.05, 3.63) is 48.0 Å². The Morgan fingerprint density at radius 1 is 0.743 bits per heavy atom. The van der Waals surface area contributed by atoms with E-state index >= 15 is 0 Å². The molecule has 9 N–H and O–H groups in total. The molecule has 2 saturated heterocycles. The summed E-state index contributed by atoms with van der Waals surface area (Å²) in [6.45, 7) is 4.70. The van der Waals surface area contributed by atoms with Crippen LogP contribution in [0.4, 0.5) is 17.8 Å². The van der Waals surface area contributed by atoms with Crippen molar-refractivity contribution >= 4 is 28.6 Å². The van der Waals surface area contributed by atoms with E-state index in [1.165, 1.54) is 16.3 Å². The van der Waals surface area contributed by atoms with Crippen molar-refractivity contribution in [2.75, 3.05) is 41.3 Å². The molecule has 1 unspecified atom stereocenters. The number of aromatic nitrogens is 3. The summed E-state index contributed by atoms with van der Waals surface area (Å²) in [6, 6.07) is 14.6. The zero-order valence-corrected chi connectivity index (χ0v) is 20.2. The lowest BCUT2D eigenvalue weighted by Crippen LogP contribution is -2.54. The van der Waals surface area contributed by atoms with Crippen molar-refractivity contribution in [1.29, 1.82) is 0 Å². The maximum Gasteiger partial charge on any atom is 0.232 e. The number of piperidine rings is 2. The van der Waals surface area contributed by atoms with Gasteiger partial charge in [0.15, 0.2) is 0 Å². The molecule has 5 atom stereocenters. The molecule has 0 amide bonds. The van der Waals surface area contributed by atoms with Crippen LogP contribution in [0.3, 0.4) is 0 Å². The van der Waals surface area contributed by atoms with Gasteiger partial charge in [-0.3, -0.25) is 0 Å². The van der Waals surface area contributed by atoms with Gasteiger partial charge in [-0.05, 0) is 36.1 Å². The number of fused-ring (bicyclic) bond motifs is 1. The molecule has 0 bridgehead atoms. The molecule has 3 heterocycles. The van der Waals surface area contributed by atoms with Crippen LogP contribution < -0.4 is 38.1 Å². The van der Waals surface area contributed by atoms with E-state index < -0.39 is 0 Å². The molecule has 2 aliphatic rings. The molecular weight excluding hydrogens is 440 g/mol. The highest BCUT2D eigenvalue weighted by Crippen LogP contribution is 2.28. The van der Waals surface area contributed by atoms with Crippen molar-refractivity contribution < 1.29 is 0 Å². The standard InChI is InChI=1S/C25H36N10/c1-15(21-8-4-6-16-5-2-3-7-22(16)21)30-23-31-24(34-11-17(26)9-18(27)12-34)33-25(32-23)35-13-19(28)10-20(29)14-35/h2-8,15,17-20H,9-14,26-29H2,1H3,(H,30,31,32,33)/t15?,17-,18+,19-,20+. The van der Waals surface area contributed by atoms with Gasteiger partial charge in [0, 0.05) is 50.3 Å². The summed E-state index contributed by atoms with van der Waals surface area (Å²) < 4.78 is 0. The summed E-state index contributed by atoms with van der Waals surface area (Å²) in [7, 11) is 0. The molecule has 0 radical (unpaired) electrons. The first-order valence-electron chi connectivity index (χ1n) is 12.4. The van der Waals surface area contributed by atoms with E-state index in [0.717, 1.165) is 12.8 Å². The number of nitrogens with two attached hydrogens (primary N) is 4.